The largest absolute Gasteiger partial charge is 0.384 e. The molecule has 0 bridgehead atoms. The highest BCUT2D eigenvalue weighted by Crippen LogP contribution is 2.14. The molecule has 0 radical (unpaired) electrons. The second-order valence-electron chi connectivity index (χ2n) is 2.81. The SMILES string of the molecule is CCC1CC(C)=CC(N)=N1. The van der Waals surface area contributed by atoms with Crippen molar-refractivity contribution in [2.45, 2.75) is 32.7 Å². The van der Waals surface area contributed by atoms with E-state index < -0.39 is 0 Å². The van der Waals surface area contributed by atoms with Gasteiger partial charge in [0, 0.05) is 0 Å². The molecule has 0 spiro atoms. The molecule has 56 valence electrons. The second-order valence-corrected chi connectivity index (χ2v) is 2.81. The van der Waals surface area contributed by atoms with Crippen LogP contribution in [-0.2, 0) is 0 Å². The summed E-state index contributed by atoms with van der Waals surface area (Å²) in [4.78, 5) is 4.27. The van der Waals surface area contributed by atoms with E-state index in [1.54, 1.807) is 0 Å². The minimum atomic E-state index is 0.435. The summed E-state index contributed by atoms with van der Waals surface area (Å²) in [5, 5.41) is 0. The zero-order chi connectivity index (χ0) is 7.56. The van der Waals surface area contributed by atoms with Gasteiger partial charge in [0.05, 0.1) is 6.04 Å². The summed E-state index contributed by atoms with van der Waals surface area (Å²) >= 11 is 0. The Morgan fingerprint density at radius 1 is 1.80 bits per heavy atom. The number of hydrogen-bond acceptors (Lipinski definition) is 2. The first-order valence-electron chi connectivity index (χ1n) is 3.72. The van der Waals surface area contributed by atoms with E-state index in [0.29, 0.717) is 11.9 Å². The first-order valence-corrected chi connectivity index (χ1v) is 3.72. The Balaban J connectivity index is 2.67. The minimum Gasteiger partial charge on any atom is -0.384 e. The van der Waals surface area contributed by atoms with Gasteiger partial charge in [-0.2, -0.15) is 0 Å². The van der Waals surface area contributed by atoms with Gasteiger partial charge < -0.3 is 5.73 Å². The number of dihydropyridines is 1. The molecule has 0 saturated heterocycles. The zero-order valence-corrected chi connectivity index (χ0v) is 6.59. The van der Waals surface area contributed by atoms with Crippen LogP contribution in [0.5, 0.6) is 0 Å². The van der Waals surface area contributed by atoms with Crippen molar-refractivity contribution in [3.8, 4) is 0 Å². The van der Waals surface area contributed by atoms with E-state index in [0.717, 1.165) is 12.8 Å². The molecule has 2 nitrogen and oxygen atoms in total. The number of hydrogen-bond donors (Lipinski definition) is 1. The number of rotatable bonds is 1. The Hall–Kier alpha value is -0.790. The van der Waals surface area contributed by atoms with Crippen molar-refractivity contribution in [2.24, 2.45) is 10.7 Å². The maximum atomic E-state index is 5.56. The number of nitrogens with two attached hydrogens (primary N) is 1. The van der Waals surface area contributed by atoms with Crippen molar-refractivity contribution in [1.82, 2.24) is 0 Å². The van der Waals surface area contributed by atoms with Gasteiger partial charge in [-0.05, 0) is 25.8 Å². The van der Waals surface area contributed by atoms with Crippen LogP contribution in [0.2, 0.25) is 0 Å². The molecule has 0 aromatic heterocycles. The average Bonchev–Trinajstić information content (AvgIpc) is 1.85. The number of nitrogens with zero attached hydrogens (tertiary/aromatic N) is 1. The van der Waals surface area contributed by atoms with Crippen LogP contribution in [0, 0.1) is 0 Å². The van der Waals surface area contributed by atoms with E-state index >= 15 is 0 Å². The molecule has 1 aliphatic rings. The van der Waals surface area contributed by atoms with Gasteiger partial charge in [0.25, 0.3) is 0 Å². The van der Waals surface area contributed by atoms with Crippen LogP contribution in [0.1, 0.15) is 26.7 Å². The summed E-state index contributed by atoms with van der Waals surface area (Å²) in [6.45, 7) is 4.24. The molecule has 0 fully saturated rings. The molecule has 1 heterocycles. The molecule has 0 aliphatic carbocycles. The van der Waals surface area contributed by atoms with Crippen LogP contribution < -0.4 is 5.73 Å². The summed E-state index contributed by atoms with van der Waals surface area (Å²) < 4.78 is 0. The fraction of sp³-hybridized carbons (Fsp3) is 0.625. The van der Waals surface area contributed by atoms with Crippen LogP contribution in [0.3, 0.4) is 0 Å². The molecular weight excluding hydrogens is 124 g/mol. The van der Waals surface area contributed by atoms with E-state index in [1.807, 2.05) is 6.08 Å². The third-order valence-electron chi connectivity index (χ3n) is 1.75. The van der Waals surface area contributed by atoms with Crippen molar-refractivity contribution in [3.05, 3.63) is 11.6 Å². The lowest BCUT2D eigenvalue weighted by molar-refractivity contribution is 0.638. The van der Waals surface area contributed by atoms with Gasteiger partial charge in [-0.1, -0.05) is 12.5 Å². The molecule has 0 amide bonds. The average molecular weight is 138 g/mol. The van der Waals surface area contributed by atoms with E-state index in [4.69, 9.17) is 5.73 Å². The topological polar surface area (TPSA) is 38.4 Å². The lowest BCUT2D eigenvalue weighted by Crippen LogP contribution is -2.19. The molecule has 0 aromatic rings. The van der Waals surface area contributed by atoms with E-state index in [9.17, 15) is 0 Å². The van der Waals surface area contributed by atoms with Crippen molar-refractivity contribution in [3.63, 3.8) is 0 Å². The standard InChI is InChI=1S/C8H14N2/c1-3-7-4-6(2)5-8(9)10-7/h5,7H,3-4H2,1-2H3,(H2,9,10). The molecule has 0 saturated carbocycles. The van der Waals surface area contributed by atoms with Crippen molar-refractivity contribution in [2.75, 3.05) is 0 Å². The van der Waals surface area contributed by atoms with Gasteiger partial charge >= 0.3 is 0 Å². The Labute approximate surface area is 61.8 Å². The van der Waals surface area contributed by atoms with Gasteiger partial charge in [0.15, 0.2) is 0 Å². The highest BCUT2D eigenvalue weighted by atomic mass is 14.9. The Morgan fingerprint density at radius 2 is 2.50 bits per heavy atom. The van der Waals surface area contributed by atoms with Gasteiger partial charge in [0.2, 0.25) is 0 Å². The first kappa shape index (κ1) is 7.32. The lowest BCUT2D eigenvalue weighted by atomic mass is 10.0. The van der Waals surface area contributed by atoms with Crippen LogP contribution in [0.25, 0.3) is 0 Å². The third-order valence-corrected chi connectivity index (χ3v) is 1.75. The van der Waals surface area contributed by atoms with Crippen molar-refractivity contribution >= 4 is 5.84 Å². The van der Waals surface area contributed by atoms with E-state index in [-0.39, 0.29) is 0 Å². The molecule has 2 N–H and O–H groups in total. The first-order chi connectivity index (χ1) is 4.72. The number of amidine groups is 1. The quantitative estimate of drug-likeness (QED) is 0.585. The van der Waals surface area contributed by atoms with Crippen LogP contribution in [0.4, 0.5) is 0 Å². The second kappa shape index (κ2) is 2.86. The van der Waals surface area contributed by atoms with Crippen LogP contribution in [-0.4, -0.2) is 11.9 Å². The van der Waals surface area contributed by atoms with Crippen molar-refractivity contribution in [1.29, 1.82) is 0 Å². The summed E-state index contributed by atoms with van der Waals surface area (Å²) in [5.74, 6) is 0.690. The van der Waals surface area contributed by atoms with Crippen LogP contribution >= 0.6 is 0 Å². The van der Waals surface area contributed by atoms with Gasteiger partial charge in [-0.15, -0.1) is 0 Å². The normalized spacial score (nSPS) is 25.6. The molecule has 1 unspecified atom stereocenters. The maximum absolute atomic E-state index is 5.56. The molecular formula is C8H14N2. The van der Waals surface area contributed by atoms with Gasteiger partial charge in [0.1, 0.15) is 5.84 Å². The van der Waals surface area contributed by atoms with Crippen molar-refractivity contribution < 1.29 is 0 Å². The smallest absolute Gasteiger partial charge is 0.118 e. The predicted octanol–water partition coefficient (Wildman–Crippen LogP) is 1.47. The van der Waals surface area contributed by atoms with E-state index in [2.05, 4.69) is 18.8 Å². The van der Waals surface area contributed by atoms with Gasteiger partial charge in [-0.25, -0.2) is 0 Å². The fourth-order valence-electron chi connectivity index (χ4n) is 1.21. The highest BCUT2D eigenvalue weighted by molar-refractivity contribution is 5.92. The molecule has 1 rings (SSSR count). The Morgan fingerprint density at radius 3 is 3.00 bits per heavy atom. The minimum absolute atomic E-state index is 0.435. The Kier molecular flexibility index (Phi) is 2.10. The lowest BCUT2D eigenvalue weighted by Gasteiger charge is -2.15. The van der Waals surface area contributed by atoms with Gasteiger partial charge in [-0.3, -0.25) is 4.99 Å². The molecule has 1 atom stereocenters. The molecule has 2 heteroatoms. The summed E-state index contributed by atoms with van der Waals surface area (Å²) in [6.07, 6.45) is 4.12. The fourth-order valence-corrected chi connectivity index (χ4v) is 1.21. The summed E-state index contributed by atoms with van der Waals surface area (Å²) in [5.41, 5.74) is 6.91. The van der Waals surface area contributed by atoms with Crippen LogP contribution in [0.15, 0.2) is 16.6 Å². The third kappa shape index (κ3) is 1.59. The summed E-state index contributed by atoms with van der Waals surface area (Å²) in [7, 11) is 0. The molecule has 10 heavy (non-hydrogen) atoms. The monoisotopic (exact) mass is 138 g/mol. The Bertz CT molecular complexity index is 180. The highest BCUT2D eigenvalue weighted by Gasteiger charge is 2.09. The maximum Gasteiger partial charge on any atom is 0.118 e. The molecule has 1 aliphatic heterocycles. The van der Waals surface area contributed by atoms with E-state index in [1.165, 1.54) is 5.57 Å². The zero-order valence-electron chi connectivity index (χ0n) is 6.59. The number of aliphatic imine (C=N–C) groups is 1. The predicted molar refractivity (Wildman–Crippen MR) is 44.1 cm³/mol. The molecule has 0 aromatic carbocycles. The summed E-state index contributed by atoms with van der Waals surface area (Å²) in [6, 6.07) is 0.435.